The van der Waals surface area contributed by atoms with E-state index in [4.69, 9.17) is 4.74 Å². The van der Waals surface area contributed by atoms with Gasteiger partial charge in [-0.05, 0) is 41.6 Å². The van der Waals surface area contributed by atoms with Gasteiger partial charge in [0.05, 0.1) is 11.1 Å². The second-order valence-electron chi connectivity index (χ2n) is 6.27. The van der Waals surface area contributed by atoms with Gasteiger partial charge in [0.25, 0.3) is 0 Å². The van der Waals surface area contributed by atoms with E-state index in [-0.39, 0.29) is 5.92 Å². The Kier molecular flexibility index (Phi) is 5.28. The summed E-state index contributed by atoms with van der Waals surface area (Å²) in [5, 5.41) is 0. The molecule has 0 aromatic carbocycles. The number of aromatic nitrogens is 2. The average Bonchev–Trinajstić information content (AvgIpc) is 3.08. The normalized spacial score (nSPS) is 22.8. The van der Waals surface area contributed by atoms with E-state index < -0.39 is 0 Å². The molecule has 2 fully saturated rings. The Morgan fingerprint density at radius 1 is 1.23 bits per heavy atom. The number of carbonyl (C=O) groups is 1. The fraction of sp³-hybridized carbons (Fsp3) is 0.688. The molecule has 120 valence electrons. The van der Waals surface area contributed by atoms with E-state index in [1.54, 1.807) is 12.4 Å². The summed E-state index contributed by atoms with van der Waals surface area (Å²) in [7, 11) is 0. The number of nitrogens with zero attached hydrogens (tertiary/aromatic N) is 3. The molecule has 1 saturated carbocycles. The lowest BCUT2D eigenvalue weighted by Gasteiger charge is -2.34. The summed E-state index contributed by atoms with van der Waals surface area (Å²) < 4.78 is 6.51. The third kappa shape index (κ3) is 3.97. The summed E-state index contributed by atoms with van der Waals surface area (Å²) in [6, 6.07) is 0.405. The monoisotopic (exact) mass is 367 g/mol. The standard InChI is InChI=1S/C16H22BrN3O2/c17-14-8-18-16(19-9-14)22-11-12-4-3-7-20(10-12)15(21)13-5-1-2-6-13/h8-9,12-13H,1-7,10-11H2. The molecule has 1 amide bonds. The fourth-order valence-electron chi connectivity index (χ4n) is 3.40. The van der Waals surface area contributed by atoms with E-state index in [1.807, 2.05) is 0 Å². The third-order valence-electron chi connectivity index (χ3n) is 4.58. The van der Waals surface area contributed by atoms with Crippen molar-refractivity contribution in [3.63, 3.8) is 0 Å². The van der Waals surface area contributed by atoms with Crippen molar-refractivity contribution in [3.05, 3.63) is 16.9 Å². The maximum Gasteiger partial charge on any atom is 0.316 e. The molecule has 1 unspecified atom stereocenters. The van der Waals surface area contributed by atoms with Crippen LogP contribution in [0.1, 0.15) is 38.5 Å². The van der Waals surface area contributed by atoms with Crippen LogP contribution in [0.25, 0.3) is 0 Å². The smallest absolute Gasteiger partial charge is 0.316 e. The molecule has 3 rings (SSSR count). The number of halogens is 1. The van der Waals surface area contributed by atoms with Gasteiger partial charge in [-0.25, -0.2) is 9.97 Å². The molecule has 5 nitrogen and oxygen atoms in total. The molecule has 0 spiro atoms. The van der Waals surface area contributed by atoms with Crippen LogP contribution in [0, 0.1) is 11.8 Å². The number of rotatable bonds is 4. The van der Waals surface area contributed by atoms with Crippen LogP contribution in [0.3, 0.4) is 0 Å². The van der Waals surface area contributed by atoms with E-state index in [2.05, 4.69) is 30.8 Å². The molecule has 6 heteroatoms. The molecule has 1 aliphatic carbocycles. The number of ether oxygens (including phenoxy) is 1. The Morgan fingerprint density at radius 2 is 1.95 bits per heavy atom. The third-order valence-corrected chi connectivity index (χ3v) is 4.99. The summed E-state index contributed by atoms with van der Waals surface area (Å²) in [5.41, 5.74) is 0. The minimum Gasteiger partial charge on any atom is -0.463 e. The summed E-state index contributed by atoms with van der Waals surface area (Å²) in [6.07, 6.45) is 10.1. The first-order valence-corrected chi connectivity index (χ1v) is 8.91. The largest absolute Gasteiger partial charge is 0.463 e. The van der Waals surface area contributed by atoms with Crippen molar-refractivity contribution in [2.45, 2.75) is 38.5 Å². The maximum absolute atomic E-state index is 12.5. The molecule has 0 N–H and O–H groups in total. The Balaban J connectivity index is 1.49. The highest BCUT2D eigenvalue weighted by Crippen LogP contribution is 2.28. The predicted octanol–water partition coefficient (Wildman–Crippen LogP) is 3.05. The van der Waals surface area contributed by atoms with Gasteiger partial charge in [-0.3, -0.25) is 4.79 Å². The van der Waals surface area contributed by atoms with Crippen molar-refractivity contribution in [1.29, 1.82) is 0 Å². The van der Waals surface area contributed by atoms with Crippen molar-refractivity contribution in [2.24, 2.45) is 11.8 Å². The van der Waals surface area contributed by atoms with Gasteiger partial charge < -0.3 is 9.64 Å². The molecule has 1 saturated heterocycles. The summed E-state index contributed by atoms with van der Waals surface area (Å²) in [4.78, 5) is 22.8. The minimum absolute atomic E-state index is 0.273. The SMILES string of the molecule is O=C(C1CCCC1)N1CCCC(COc2ncc(Br)cn2)C1. The Bertz CT molecular complexity index is 503. The van der Waals surface area contributed by atoms with Crippen LogP contribution in [0.15, 0.2) is 16.9 Å². The Hall–Kier alpha value is -1.17. The average molecular weight is 368 g/mol. The molecule has 1 aliphatic heterocycles. The lowest BCUT2D eigenvalue weighted by atomic mass is 9.97. The highest BCUT2D eigenvalue weighted by molar-refractivity contribution is 9.10. The molecule has 1 atom stereocenters. The van der Waals surface area contributed by atoms with Crippen LogP contribution in [0.2, 0.25) is 0 Å². The topological polar surface area (TPSA) is 55.3 Å². The van der Waals surface area contributed by atoms with Crippen molar-refractivity contribution < 1.29 is 9.53 Å². The van der Waals surface area contributed by atoms with Gasteiger partial charge in [-0.1, -0.05) is 12.8 Å². The lowest BCUT2D eigenvalue weighted by molar-refractivity contribution is -0.137. The molecular formula is C16H22BrN3O2. The highest BCUT2D eigenvalue weighted by atomic mass is 79.9. The van der Waals surface area contributed by atoms with Gasteiger partial charge in [0.15, 0.2) is 0 Å². The van der Waals surface area contributed by atoms with Crippen LogP contribution in [-0.2, 0) is 4.79 Å². The summed E-state index contributed by atoms with van der Waals surface area (Å²) in [6.45, 7) is 2.29. The van der Waals surface area contributed by atoms with Crippen molar-refractivity contribution >= 4 is 21.8 Å². The Labute approximate surface area is 139 Å². The zero-order chi connectivity index (χ0) is 15.4. The van der Waals surface area contributed by atoms with E-state index in [9.17, 15) is 4.79 Å². The number of amides is 1. The zero-order valence-electron chi connectivity index (χ0n) is 12.7. The number of carbonyl (C=O) groups excluding carboxylic acids is 1. The van der Waals surface area contributed by atoms with Gasteiger partial charge in [-0.2, -0.15) is 0 Å². The van der Waals surface area contributed by atoms with E-state index in [1.165, 1.54) is 12.8 Å². The minimum atomic E-state index is 0.273. The molecule has 0 bridgehead atoms. The molecule has 2 aliphatic rings. The van der Waals surface area contributed by atoms with Gasteiger partial charge in [0.2, 0.25) is 5.91 Å². The molecule has 1 aromatic rings. The maximum atomic E-state index is 12.5. The number of piperidine rings is 1. The molecule has 22 heavy (non-hydrogen) atoms. The zero-order valence-corrected chi connectivity index (χ0v) is 14.3. The number of likely N-dealkylation sites (tertiary alicyclic amines) is 1. The number of hydrogen-bond acceptors (Lipinski definition) is 4. The van der Waals surface area contributed by atoms with Crippen LogP contribution in [0.4, 0.5) is 0 Å². The first-order chi connectivity index (χ1) is 10.7. The quantitative estimate of drug-likeness (QED) is 0.820. The van der Waals surface area contributed by atoms with E-state index in [0.29, 0.717) is 24.4 Å². The molecule has 1 aromatic heterocycles. The van der Waals surface area contributed by atoms with Crippen LogP contribution in [-0.4, -0.2) is 40.5 Å². The fourth-order valence-corrected chi connectivity index (χ4v) is 3.60. The lowest BCUT2D eigenvalue weighted by Crippen LogP contribution is -2.43. The second kappa shape index (κ2) is 7.40. The van der Waals surface area contributed by atoms with Crippen LogP contribution < -0.4 is 4.74 Å². The van der Waals surface area contributed by atoms with E-state index >= 15 is 0 Å². The first kappa shape index (κ1) is 15.7. The molecule has 0 radical (unpaired) electrons. The van der Waals surface area contributed by atoms with Crippen molar-refractivity contribution in [1.82, 2.24) is 14.9 Å². The van der Waals surface area contributed by atoms with Crippen LogP contribution >= 0.6 is 15.9 Å². The van der Waals surface area contributed by atoms with Crippen LogP contribution in [0.5, 0.6) is 6.01 Å². The van der Waals surface area contributed by atoms with Gasteiger partial charge >= 0.3 is 6.01 Å². The van der Waals surface area contributed by atoms with Gasteiger partial charge in [0.1, 0.15) is 0 Å². The molecule has 2 heterocycles. The van der Waals surface area contributed by atoms with Crippen molar-refractivity contribution in [3.8, 4) is 6.01 Å². The highest BCUT2D eigenvalue weighted by Gasteiger charge is 2.30. The Morgan fingerprint density at radius 3 is 2.68 bits per heavy atom. The predicted molar refractivity (Wildman–Crippen MR) is 86.5 cm³/mol. The summed E-state index contributed by atoms with van der Waals surface area (Å²) in [5.74, 6) is 1.02. The van der Waals surface area contributed by atoms with Gasteiger partial charge in [0, 0.05) is 37.3 Å². The van der Waals surface area contributed by atoms with Crippen molar-refractivity contribution in [2.75, 3.05) is 19.7 Å². The number of hydrogen-bond donors (Lipinski definition) is 0. The molecular weight excluding hydrogens is 346 g/mol. The van der Waals surface area contributed by atoms with Gasteiger partial charge in [-0.15, -0.1) is 0 Å². The second-order valence-corrected chi connectivity index (χ2v) is 7.18. The summed E-state index contributed by atoms with van der Waals surface area (Å²) >= 11 is 3.30. The first-order valence-electron chi connectivity index (χ1n) is 8.11. The van der Waals surface area contributed by atoms with E-state index in [0.717, 1.165) is 43.2 Å².